The Balaban J connectivity index is 0.000000437. The predicted molar refractivity (Wildman–Crippen MR) is 59.8 cm³/mol. The van der Waals surface area contributed by atoms with Crippen LogP contribution in [0.1, 0.15) is 18.2 Å². The standard InChI is InChI=1S/C10H8F3N.C2H4O/c1-6-4-7-5-8(10(11,12)13)2-3-9(7)14-6;1-2-3/h2-5,14H,1H3;2H,1H3. The van der Waals surface area contributed by atoms with E-state index in [2.05, 4.69) is 4.98 Å². The Morgan fingerprint density at radius 3 is 2.35 bits per heavy atom. The Bertz CT molecular complexity index is 514. The van der Waals surface area contributed by atoms with Crippen molar-refractivity contribution < 1.29 is 18.0 Å². The second-order valence-electron chi connectivity index (χ2n) is 3.49. The van der Waals surface area contributed by atoms with E-state index < -0.39 is 11.7 Å². The summed E-state index contributed by atoms with van der Waals surface area (Å²) in [5.41, 5.74) is 0.985. The molecule has 1 heterocycles. The van der Waals surface area contributed by atoms with Gasteiger partial charge in [0.15, 0.2) is 0 Å². The van der Waals surface area contributed by atoms with Crippen molar-refractivity contribution in [3.8, 4) is 0 Å². The van der Waals surface area contributed by atoms with Crippen molar-refractivity contribution in [3.05, 3.63) is 35.5 Å². The fraction of sp³-hybridized carbons (Fsp3) is 0.250. The van der Waals surface area contributed by atoms with Crippen LogP contribution in [0.4, 0.5) is 13.2 Å². The molecule has 92 valence electrons. The van der Waals surface area contributed by atoms with Crippen LogP contribution in [0.3, 0.4) is 0 Å². The number of aromatic amines is 1. The molecule has 5 heteroatoms. The van der Waals surface area contributed by atoms with Crippen LogP contribution in [0.2, 0.25) is 0 Å². The summed E-state index contributed by atoms with van der Waals surface area (Å²) >= 11 is 0. The highest BCUT2D eigenvalue weighted by Crippen LogP contribution is 2.31. The number of carbonyl (C=O) groups excluding carboxylic acids is 1. The molecule has 0 spiro atoms. The van der Waals surface area contributed by atoms with Crippen LogP contribution in [0.25, 0.3) is 10.9 Å². The molecule has 2 nitrogen and oxygen atoms in total. The number of aryl methyl sites for hydroxylation is 1. The highest BCUT2D eigenvalue weighted by molar-refractivity contribution is 5.81. The van der Waals surface area contributed by atoms with E-state index in [1.807, 2.05) is 6.92 Å². The monoisotopic (exact) mass is 243 g/mol. The maximum absolute atomic E-state index is 12.3. The lowest BCUT2D eigenvalue weighted by Crippen LogP contribution is -2.03. The quantitative estimate of drug-likeness (QED) is 0.703. The predicted octanol–water partition coefficient (Wildman–Crippen LogP) is 3.70. The van der Waals surface area contributed by atoms with E-state index in [9.17, 15) is 13.2 Å². The summed E-state index contributed by atoms with van der Waals surface area (Å²) in [5, 5.41) is 0.595. The van der Waals surface area contributed by atoms with Crippen LogP contribution in [0.15, 0.2) is 24.3 Å². The van der Waals surface area contributed by atoms with Gasteiger partial charge in [-0.15, -0.1) is 0 Å². The number of nitrogens with one attached hydrogen (secondary N) is 1. The zero-order valence-corrected chi connectivity index (χ0v) is 9.43. The highest BCUT2D eigenvalue weighted by Gasteiger charge is 2.30. The second kappa shape index (κ2) is 5.03. The van der Waals surface area contributed by atoms with Gasteiger partial charge in [-0.1, -0.05) is 0 Å². The Hall–Kier alpha value is -1.78. The fourth-order valence-electron chi connectivity index (χ4n) is 1.45. The minimum Gasteiger partial charge on any atom is -0.359 e. The Labute approximate surface area is 96.4 Å². The van der Waals surface area contributed by atoms with Gasteiger partial charge in [-0.25, -0.2) is 0 Å². The van der Waals surface area contributed by atoms with Gasteiger partial charge in [-0.2, -0.15) is 13.2 Å². The van der Waals surface area contributed by atoms with E-state index in [1.54, 1.807) is 6.07 Å². The Morgan fingerprint density at radius 1 is 1.24 bits per heavy atom. The van der Waals surface area contributed by atoms with Crippen molar-refractivity contribution >= 4 is 17.2 Å². The van der Waals surface area contributed by atoms with E-state index in [4.69, 9.17) is 4.79 Å². The molecule has 0 aliphatic rings. The molecule has 2 rings (SSSR count). The first-order valence-electron chi connectivity index (χ1n) is 4.95. The molecular formula is C12H12F3NO. The summed E-state index contributed by atoms with van der Waals surface area (Å²) in [4.78, 5) is 11.8. The van der Waals surface area contributed by atoms with Crippen molar-refractivity contribution in [1.82, 2.24) is 4.98 Å². The van der Waals surface area contributed by atoms with Gasteiger partial charge in [-0.3, -0.25) is 0 Å². The lowest BCUT2D eigenvalue weighted by atomic mass is 10.1. The van der Waals surface area contributed by atoms with Crippen molar-refractivity contribution in [3.63, 3.8) is 0 Å². The van der Waals surface area contributed by atoms with E-state index in [-0.39, 0.29) is 0 Å². The molecule has 0 fully saturated rings. The normalized spacial score (nSPS) is 10.9. The van der Waals surface area contributed by atoms with Crippen molar-refractivity contribution in [1.29, 1.82) is 0 Å². The van der Waals surface area contributed by atoms with E-state index in [1.165, 1.54) is 13.0 Å². The van der Waals surface area contributed by atoms with Crippen LogP contribution >= 0.6 is 0 Å². The molecule has 0 amide bonds. The van der Waals surface area contributed by atoms with Crippen LogP contribution in [0, 0.1) is 6.92 Å². The zero-order valence-electron chi connectivity index (χ0n) is 9.43. The van der Waals surface area contributed by atoms with Crippen LogP contribution in [-0.4, -0.2) is 11.3 Å². The first-order chi connectivity index (χ1) is 7.88. The number of aromatic nitrogens is 1. The molecule has 1 aromatic heterocycles. The number of hydrogen-bond donors (Lipinski definition) is 1. The number of hydrogen-bond acceptors (Lipinski definition) is 1. The molecule has 0 saturated carbocycles. The zero-order chi connectivity index (χ0) is 13.1. The molecule has 0 aliphatic carbocycles. The number of H-pyrrole nitrogens is 1. The highest BCUT2D eigenvalue weighted by atomic mass is 19.4. The number of halogens is 3. The summed E-state index contributed by atoms with van der Waals surface area (Å²) in [7, 11) is 0. The van der Waals surface area contributed by atoms with Gasteiger partial charge in [0.1, 0.15) is 6.29 Å². The molecule has 1 N–H and O–H groups in total. The lowest BCUT2D eigenvalue weighted by Gasteiger charge is -2.05. The molecule has 0 saturated heterocycles. The minimum atomic E-state index is -4.26. The SMILES string of the molecule is CC=O.Cc1cc2cc(C(F)(F)F)ccc2[nH]1. The third kappa shape index (κ3) is 3.34. The third-order valence-corrected chi connectivity index (χ3v) is 2.08. The topological polar surface area (TPSA) is 32.9 Å². The molecular weight excluding hydrogens is 231 g/mol. The molecule has 0 atom stereocenters. The van der Waals surface area contributed by atoms with E-state index >= 15 is 0 Å². The van der Waals surface area contributed by atoms with Crippen LogP contribution in [0.5, 0.6) is 0 Å². The number of rotatable bonds is 0. The molecule has 0 aliphatic heterocycles. The summed E-state index contributed by atoms with van der Waals surface area (Å²) in [5.74, 6) is 0. The van der Waals surface area contributed by atoms with Gasteiger partial charge in [0.05, 0.1) is 5.56 Å². The molecule has 1 aromatic carbocycles. The van der Waals surface area contributed by atoms with Crippen molar-refractivity contribution in [2.45, 2.75) is 20.0 Å². The Morgan fingerprint density at radius 2 is 1.82 bits per heavy atom. The smallest absolute Gasteiger partial charge is 0.359 e. The molecule has 0 bridgehead atoms. The summed E-state index contributed by atoms with van der Waals surface area (Å²) < 4.78 is 36.9. The third-order valence-electron chi connectivity index (χ3n) is 2.08. The number of fused-ring (bicyclic) bond motifs is 1. The van der Waals surface area contributed by atoms with Gasteiger partial charge in [0.25, 0.3) is 0 Å². The largest absolute Gasteiger partial charge is 0.416 e. The molecule has 17 heavy (non-hydrogen) atoms. The number of benzene rings is 1. The second-order valence-corrected chi connectivity index (χ2v) is 3.49. The maximum Gasteiger partial charge on any atom is 0.416 e. The fourth-order valence-corrected chi connectivity index (χ4v) is 1.45. The summed E-state index contributed by atoms with van der Waals surface area (Å²) in [6, 6.07) is 5.38. The number of aldehydes is 1. The van der Waals surface area contributed by atoms with Gasteiger partial charge >= 0.3 is 6.18 Å². The van der Waals surface area contributed by atoms with Gasteiger partial charge in [0.2, 0.25) is 0 Å². The molecule has 0 radical (unpaired) electrons. The van der Waals surface area contributed by atoms with E-state index in [0.717, 1.165) is 29.6 Å². The van der Waals surface area contributed by atoms with Gasteiger partial charge in [-0.05, 0) is 38.1 Å². The number of carbonyl (C=O) groups is 1. The van der Waals surface area contributed by atoms with Crippen molar-refractivity contribution in [2.24, 2.45) is 0 Å². The van der Waals surface area contributed by atoms with Gasteiger partial charge in [0, 0.05) is 16.6 Å². The number of alkyl halides is 3. The first-order valence-corrected chi connectivity index (χ1v) is 4.95. The van der Waals surface area contributed by atoms with Crippen LogP contribution in [-0.2, 0) is 11.0 Å². The van der Waals surface area contributed by atoms with Crippen molar-refractivity contribution in [2.75, 3.05) is 0 Å². The average Bonchev–Trinajstić information content (AvgIpc) is 2.56. The minimum absolute atomic E-state index is 0.595. The van der Waals surface area contributed by atoms with Gasteiger partial charge < -0.3 is 9.78 Å². The Kier molecular flexibility index (Phi) is 3.93. The molecule has 2 aromatic rings. The average molecular weight is 243 g/mol. The summed E-state index contributed by atoms with van der Waals surface area (Å²) in [6.07, 6.45) is -3.51. The lowest BCUT2D eigenvalue weighted by molar-refractivity contribution is -0.137. The van der Waals surface area contributed by atoms with Crippen LogP contribution < -0.4 is 0 Å². The maximum atomic E-state index is 12.3. The first kappa shape index (κ1) is 13.3. The molecule has 0 unspecified atom stereocenters. The van der Waals surface area contributed by atoms with E-state index in [0.29, 0.717) is 5.39 Å². The summed E-state index contributed by atoms with van der Waals surface area (Å²) in [6.45, 7) is 3.26.